The van der Waals surface area contributed by atoms with Crippen molar-refractivity contribution in [2.45, 2.75) is 50.2 Å². The first-order valence-electron chi connectivity index (χ1n) is 7.94. The normalized spacial score (nSPS) is 24.1. The number of hydrogen-bond acceptors (Lipinski definition) is 3. The minimum absolute atomic E-state index is 0.0578. The molecule has 0 saturated heterocycles. The molecule has 1 aliphatic carbocycles. The van der Waals surface area contributed by atoms with Gasteiger partial charge in [-0.15, -0.1) is 0 Å². The fourth-order valence-electron chi connectivity index (χ4n) is 3.40. The van der Waals surface area contributed by atoms with Crippen LogP contribution in [0.5, 0.6) is 0 Å². The molecule has 1 fully saturated rings. The lowest BCUT2D eigenvalue weighted by Crippen LogP contribution is -2.52. The molecular formula is C17H24N2O2. The Balaban J connectivity index is 1.64. The van der Waals surface area contributed by atoms with Gasteiger partial charge in [0, 0.05) is 12.1 Å². The Morgan fingerprint density at radius 3 is 2.86 bits per heavy atom. The minimum Gasteiger partial charge on any atom is -0.363 e. The van der Waals surface area contributed by atoms with E-state index in [9.17, 15) is 4.79 Å². The number of carbonyl (C=O) groups excluding carboxylic acids is 1. The van der Waals surface area contributed by atoms with Crippen molar-refractivity contribution in [1.29, 1.82) is 0 Å². The van der Waals surface area contributed by atoms with Crippen molar-refractivity contribution in [2.24, 2.45) is 5.73 Å². The highest BCUT2D eigenvalue weighted by Gasteiger charge is 2.31. The van der Waals surface area contributed by atoms with Gasteiger partial charge in [0.05, 0.1) is 6.61 Å². The van der Waals surface area contributed by atoms with E-state index in [1.807, 2.05) is 18.2 Å². The molecule has 3 rings (SSSR count). The van der Waals surface area contributed by atoms with Crippen LogP contribution in [0.4, 0.5) is 0 Å². The molecule has 3 N–H and O–H groups in total. The van der Waals surface area contributed by atoms with Crippen LogP contribution in [-0.4, -0.2) is 24.6 Å². The maximum atomic E-state index is 12.5. The van der Waals surface area contributed by atoms with Crippen molar-refractivity contribution in [2.75, 3.05) is 13.2 Å². The Morgan fingerprint density at radius 2 is 2.05 bits per heavy atom. The molecule has 1 aromatic rings. The molecule has 1 amide bonds. The highest BCUT2D eigenvalue weighted by atomic mass is 16.5. The minimum atomic E-state index is -0.484. The lowest BCUT2D eigenvalue weighted by molar-refractivity contribution is -0.134. The van der Waals surface area contributed by atoms with Gasteiger partial charge in [-0.1, -0.05) is 43.5 Å². The molecular weight excluding hydrogens is 264 g/mol. The first-order valence-corrected chi connectivity index (χ1v) is 7.94. The fraction of sp³-hybridized carbons (Fsp3) is 0.588. The van der Waals surface area contributed by atoms with Gasteiger partial charge in [0.1, 0.15) is 0 Å². The SMILES string of the molecule is NC1(CNC(=O)C2OCCc3ccccc32)CCCCC1. The lowest BCUT2D eigenvalue weighted by atomic mass is 9.82. The van der Waals surface area contributed by atoms with Crippen molar-refractivity contribution >= 4 is 5.91 Å². The molecule has 2 aliphatic rings. The number of ether oxygens (including phenoxy) is 1. The van der Waals surface area contributed by atoms with Crippen molar-refractivity contribution in [3.05, 3.63) is 35.4 Å². The first kappa shape index (κ1) is 14.5. The average molecular weight is 288 g/mol. The van der Waals surface area contributed by atoms with Crippen LogP contribution >= 0.6 is 0 Å². The second kappa shape index (κ2) is 6.16. The first-order chi connectivity index (χ1) is 10.2. The molecule has 0 spiro atoms. The number of carbonyl (C=O) groups is 1. The molecule has 0 aromatic heterocycles. The molecule has 1 saturated carbocycles. The van der Waals surface area contributed by atoms with Gasteiger partial charge in [-0.3, -0.25) is 4.79 Å². The van der Waals surface area contributed by atoms with Crippen LogP contribution in [0.1, 0.15) is 49.3 Å². The Hall–Kier alpha value is -1.39. The second-order valence-electron chi connectivity index (χ2n) is 6.34. The van der Waals surface area contributed by atoms with Gasteiger partial charge in [0.15, 0.2) is 6.10 Å². The van der Waals surface area contributed by atoms with Gasteiger partial charge in [-0.05, 0) is 30.4 Å². The van der Waals surface area contributed by atoms with Crippen LogP contribution in [-0.2, 0) is 16.0 Å². The summed E-state index contributed by atoms with van der Waals surface area (Å²) in [5.74, 6) is -0.0578. The molecule has 1 unspecified atom stereocenters. The van der Waals surface area contributed by atoms with Crippen LogP contribution in [0.25, 0.3) is 0 Å². The summed E-state index contributed by atoms with van der Waals surface area (Å²) in [5, 5.41) is 3.01. The third kappa shape index (κ3) is 3.27. The summed E-state index contributed by atoms with van der Waals surface area (Å²) in [6, 6.07) is 8.02. The van der Waals surface area contributed by atoms with Gasteiger partial charge in [-0.2, -0.15) is 0 Å². The summed E-state index contributed by atoms with van der Waals surface area (Å²) in [6.07, 6.45) is 5.96. The van der Waals surface area contributed by atoms with Crippen molar-refractivity contribution in [3.63, 3.8) is 0 Å². The second-order valence-corrected chi connectivity index (χ2v) is 6.34. The third-order valence-electron chi connectivity index (χ3n) is 4.70. The number of hydrogen-bond donors (Lipinski definition) is 2. The topological polar surface area (TPSA) is 64.3 Å². The number of benzene rings is 1. The summed E-state index contributed by atoms with van der Waals surface area (Å²) in [4.78, 5) is 12.5. The summed E-state index contributed by atoms with van der Waals surface area (Å²) in [5.41, 5.74) is 8.35. The number of nitrogens with one attached hydrogen (secondary N) is 1. The molecule has 1 atom stereocenters. The predicted octanol–water partition coefficient (Wildman–Crippen LogP) is 2.08. The number of fused-ring (bicyclic) bond motifs is 1. The Labute approximate surface area is 126 Å². The fourth-order valence-corrected chi connectivity index (χ4v) is 3.40. The van der Waals surface area contributed by atoms with E-state index in [-0.39, 0.29) is 11.4 Å². The molecule has 1 aromatic carbocycles. The monoisotopic (exact) mass is 288 g/mol. The van der Waals surface area contributed by atoms with E-state index >= 15 is 0 Å². The van der Waals surface area contributed by atoms with E-state index in [2.05, 4.69) is 11.4 Å². The number of nitrogens with two attached hydrogens (primary N) is 1. The zero-order chi connectivity index (χ0) is 14.7. The van der Waals surface area contributed by atoms with E-state index in [4.69, 9.17) is 10.5 Å². The largest absolute Gasteiger partial charge is 0.363 e. The van der Waals surface area contributed by atoms with E-state index in [1.54, 1.807) is 0 Å². The summed E-state index contributed by atoms with van der Waals surface area (Å²) < 4.78 is 5.69. The summed E-state index contributed by atoms with van der Waals surface area (Å²) in [6.45, 7) is 1.15. The van der Waals surface area contributed by atoms with Gasteiger partial charge < -0.3 is 15.8 Å². The van der Waals surface area contributed by atoms with E-state index < -0.39 is 6.10 Å². The summed E-state index contributed by atoms with van der Waals surface area (Å²) in [7, 11) is 0. The smallest absolute Gasteiger partial charge is 0.253 e. The molecule has 4 heteroatoms. The Morgan fingerprint density at radius 1 is 1.29 bits per heavy atom. The maximum absolute atomic E-state index is 12.5. The predicted molar refractivity (Wildman–Crippen MR) is 81.9 cm³/mol. The van der Waals surface area contributed by atoms with Gasteiger partial charge in [0.2, 0.25) is 0 Å². The van der Waals surface area contributed by atoms with Gasteiger partial charge in [0.25, 0.3) is 5.91 Å². The van der Waals surface area contributed by atoms with Crippen molar-refractivity contribution < 1.29 is 9.53 Å². The molecule has 21 heavy (non-hydrogen) atoms. The molecule has 4 nitrogen and oxygen atoms in total. The maximum Gasteiger partial charge on any atom is 0.253 e. The molecule has 114 valence electrons. The quantitative estimate of drug-likeness (QED) is 0.895. The van der Waals surface area contributed by atoms with Crippen molar-refractivity contribution in [3.8, 4) is 0 Å². The highest BCUT2D eigenvalue weighted by molar-refractivity contribution is 5.83. The molecule has 0 radical (unpaired) electrons. The zero-order valence-corrected chi connectivity index (χ0v) is 12.4. The summed E-state index contributed by atoms with van der Waals surface area (Å²) >= 11 is 0. The third-order valence-corrected chi connectivity index (χ3v) is 4.70. The van der Waals surface area contributed by atoms with E-state index in [0.717, 1.165) is 37.7 Å². The van der Waals surface area contributed by atoms with Crippen LogP contribution in [0.2, 0.25) is 0 Å². The van der Waals surface area contributed by atoms with Crippen LogP contribution in [0.15, 0.2) is 24.3 Å². The van der Waals surface area contributed by atoms with Crippen LogP contribution in [0, 0.1) is 0 Å². The van der Waals surface area contributed by atoms with E-state index in [1.165, 1.54) is 12.0 Å². The zero-order valence-electron chi connectivity index (χ0n) is 12.4. The molecule has 1 heterocycles. The van der Waals surface area contributed by atoms with E-state index in [0.29, 0.717) is 13.2 Å². The lowest BCUT2D eigenvalue weighted by Gasteiger charge is -2.34. The number of amides is 1. The standard InChI is InChI=1S/C17H24N2O2/c18-17(9-4-1-5-10-17)12-19-16(20)15-14-7-3-2-6-13(14)8-11-21-15/h2-3,6-7,15H,1,4-5,8-12,18H2,(H,19,20). The number of rotatable bonds is 3. The van der Waals surface area contributed by atoms with Gasteiger partial charge in [-0.25, -0.2) is 0 Å². The van der Waals surface area contributed by atoms with Gasteiger partial charge >= 0.3 is 0 Å². The Bertz CT molecular complexity index is 509. The highest BCUT2D eigenvalue weighted by Crippen LogP contribution is 2.28. The molecule has 1 aliphatic heterocycles. The van der Waals surface area contributed by atoms with Crippen LogP contribution < -0.4 is 11.1 Å². The van der Waals surface area contributed by atoms with Crippen molar-refractivity contribution in [1.82, 2.24) is 5.32 Å². The Kier molecular flexibility index (Phi) is 4.27. The molecule has 0 bridgehead atoms. The average Bonchev–Trinajstić information content (AvgIpc) is 2.53. The van der Waals surface area contributed by atoms with Crippen LogP contribution in [0.3, 0.4) is 0 Å².